The van der Waals surface area contributed by atoms with Crippen LogP contribution in [-0.4, -0.2) is 45.7 Å². The number of ketones is 1. The number of halogens is 3. The van der Waals surface area contributed by atoms with Gasteiger partial charge < -0.3 is 0 Å². The summed E-state index contributed by atoms with van der Waals surface area (Å²) in [5.74, 6) is -1.81. The van der Waals surface area contributed by atoms with E-state index >= 15 is 0 Å². The van der Waals surface area contributed by atoms with Crippen molar-refractivity contribution in [1.29, 1.82) is 0 Å². The lowest BCUT2D eigenvalue weighted by molar-refractivity contribution is -0.148. The molecule has 0 aromatic heterocycles. The molecule has 2 saturated carbocycles. The zero-order chi connectivity index (χ0) is 19.6. The van der Waals surface area contributed by atoms with Gasteiger partial charge >= 0.3 is 15.5 Å². The second-order valence-corrected chi connectivity index (χ2v) is 10.3. The number of fused-ring (bicyclic) bond motifs is 2. The average Bonchev–Trinajstić information content (AvgIpc) is 2.78. The lowest BCUT2D eigenvalue weighted by Gasteiger charge is -2.37. The first-order valence-electron chi connectivity index (χ1n) is 7.14. The fourth-order valence-corrected chi connectivity index (χ4v) is 5.91. The van der Waals surface area contributed by atoms with Crippen molar-refractivity contribution in [3.05, 3.63) is 0 Å². The molecule has 2 fully saturated rings. The molecule has 1 N–H and O–H groups in total. The molecule has 2 rings (SSSR count). The van der Waals surface area contributed by atoms with Crippen molar-refractivity contribution in [3.63, 3.8) is 0 Å². The number of amides is 1. The Labute approximate surface area is 142 Å². The highest BCUT2D eigenvalue weighted by molar-refractivity contribution is 8.00. The van der Waals surface area contributed by atoms with Gasteiger partial charge in [0.05, 0.1) is 0 Å². The van der Waals surface area contributed by atoms with Gasteiger partial charge in [-0.25, -0.2) is 4.31 Å². The molecule has 3 unspecified atom stereocenters. The van der Waals surface area contributed by atoms with Gasteiger partial charge in [0.1, 0.15) is 11.2 Å². The molecule has 2 aliphatic carbocycles. The third kappa shape index (κ3) is 2.67. The number of rotatable bonds is 3. The molecule has 0 radical (unpaired) electrons. The quantitative estimate of drug-likeness (QED) is 0.710. The van der Waals surface area contributed by atoms with Crippen molar-refractivity contribution >= 4 is 31.9 Å². The van der Waals surface area contributed by atoms with Gasteiger partial charge in [0.2, 0.25) is 0 Å². The molecule has 13 heteroatoms. The predicted molar refractivity (Wildman–Crippen MR) is 79.5 cm³/mol. The highest BCUT2D eigenvalue weighted by atomic mass is 32.3. The average molecular weight is 406 g/mol. The summed E-state index contributed by atoms with van der Waals surface area (Å²) in [4.78, 5) is 25.1. The van der Waals surface area contributed by atoms with Crippen LogP contribution in [0.2, 0.25) is 0 Å². The van der Waals surface area contributed by atoms with Crippen molar-refractivity contribution in [2.75, 3.05) is 7.05 Å². The molecular formula is C12H17F3N2O6S2. The molecule has 8 nitrogen and oxygen atoms in total. The van der Waals surface area contributed by atoms with Crippen molar-refractivity contribution in [2.24, 2.45) is 20.5 Å². The Morgan fingerprint density at radius 3 is 2.20 bits per heavy atom. The normalized spacial score (nSPS) is 30.8. The number of sulfonamides is 1. The number of hydrogen-bond acceptors (Lipinski definition) is 5. The number of carbonyl (C=O) groups is 2. The van der Waals surface area contributed by atoms with E-state index in [0.29, 0.717) is 13.5 Å². The molecule has 0 spiro atoms. The van der Waals surface area contributed by atoms with Crippen molar-refractivity contribution in [2.45, 2.75) is 38.6 Å². The summed E-state index contributed by atoms with van der Waals surface area (Å²) in [6.07, 6.45) is 0.661. The molecule has 25 heavy (non-hydrogen) atoms. The molecule has 0 aliphatic heterocycles. The number of alkyl halides is 3. The fraction of sp³-hybridized carbons (Fsp3) is 0.833. The first kappa shape index (κ1) is 20.1. The van der Waals surface area contributed by atoms with Gasteiger partial charge in [0.15, 0.2) is 0 Å². The van der Waals surface area contributed by atoms with Crippen molar-refractivity contribution in [3.8, 4) is 0 Å². The summed E-state index contributed by atoms with van der Waals surface area (Å²) in [5.41, 5.74) is -8.43. The van der Waals surface area contributed by atoms with Gasteiger partial charge in [-0.2, -0.15) is 25.8 Å². The summed E-state index contributed by atoms with van der Waals surface area (Å²) in [6, 6.07) is 0. The van der Waals surface area contributed by atoms with Crippen LogP contribution in [0.4, 0.5) is 13.2 Å². The number of Topliss-reactive ketones (excluding diaryl/α,β-unsaturated/α-hetero) is 1. The van der Waals surface area contributed by atoms with Gasteiger partial charge in [-0.05, 0) is 24.2 Å². The summed E-state index contributed by atoms with van der Waals surface area (Å²) in [7, 11) is -10.9. The topological polar surface area (TPSA) is 121 Å². The van der Waals surface area contributed by atoms with Crippen LogP contribution in [0.3, 0.4) is 0 Å². The zero-order valence-corrected chi connectivity index (χ0v) is 15.2. The molecular weight excluding hydrogens is 389 g/mol. The summed E-state index contributed by atoms with van der Waals surface area (Å²) >= 11 is 0. The minimum Gasteiger partial charge on any atom is -0.298 e. The lowest BCUT2D eigenvalue weighted by atomic mass is 9.68. The largest absolute Gasteiger partial charge is 0.519 e. The molecule has 3 atom stereocenters. The highest BCUT2D eigenvalue weighted by Crippen LogP contribution is 2.64. The molecule has 0 aromatic carbocycles. The Kier molecular flexibility index (Phi) is 4.34. The van der Waals surface area contributed by atoms with Gasteiger partial charge in [0.25, 0.3) is 16.1 Å². The SMILES string of the molecule is CN(C(=O)C12CCC(CC1=O)C2(C)C)S(=O)(O)=NS(=O)(=O)C(F)(F)F. The van der Waals surface area contributed by atoms with Crippen LogP contribution in [-0.2, 0) is 29.8 Å². The molecule has 0 heterocycles. The van der Waals surface area contributed by atoms with Gasteiger partial charge in [-0.3, -0.25) is 14.1 Å². The van der Waals surface area contributed by atoms with Crippen LogP contribution in [0, 0.1) is 16.7 Å². The summed E-state index contributed by atoms with van der Waals surface area (Å²) < 4.78 is 82.8. The number of carbonyl (C=O) groups excluding carboxylic acids is 2. The Hall–Kier alpha value is -1.21. The standard InChI is InChI=1S/C12H17F3N2O6S2/c1-10(2)7-4-5-11(10,8(18)6-7)9(19)17(3)25(22,23)16-24(20,21)12(13,14)15/h7H,4-6H2,1-3H3,(H,16,22,23). The van der Waals surface area contributed by atoms with Gasteiger partial charge in [-0.15, -0.1) is 0 Å². The van der Waals surface area contributed by atoms with Crippen LogP contribution in [0.5, 0.6) is 0 Å². The summed E-state index contributed by atoms with van der Waals surface area (Å²) in [6.45, 7) is 3.26. The van der Waals surface area contributed by atoms with Crippen LogP contribution >= 0.6 is 0 Å². The first-order valence-corrected chi connectivity index (χ1v) is 10.0. The Bertz CT molecular complexity index is 857. The van der Waals surface area contributed by atoms with Crippen molar-refractivity contribution in [1.82, 2.24) is 4.31 Å². The van der Waals surface area contributed by atoms with E-state index in [-0.39, 0.29) is 23.1 Å². The Morgan fingerprint density at radius 2 is 1.84 bits per heavy atom. The maximum atomic E-state index is 12.8. The second-order valence-electron chi connectivity index (χ2n) is 6.76. The van der Waals surface area contributed by atoms with Crippen LogP contribution < -0.4 is 0 Å². The zero-order valence-electron chi connectivity index (χ0n) is 13.5. The first-order chi connectivity index (χ1) is 11.0. The fourth-order valence-electron chi connectivity index (χ4n) is 3.77. The van der Waals surface area contributed by atoms with E-state index < -0.39 is 48.2 Å². The summed E-state index contributed by atoms with van der Waals surface area (Å²) in [5, 5.41) is 0. The number of nitrogens with zero attached hydrogens (tertiary/aromatic N) is 2. The molecule has 0 saturated heterocycles. The van der Waals surface area contributed by atoms with E-state index in [1.54, 1.807) is 13.8 Å². The maximum Gasteiger partial charge on any atom is 0.519 e. The van der Waals surface area contributed by atoms with Crippen LogP contribution in [0.15, 0.2) is 3.77 Å². The predicted octanol–water partition coefficient (Wildman–Crippen LogP) is 1.55. The smallest absolute Gasteiger partial charge is 0.298 e. The highest BCUT2D eigenvalue weighted by Gasteiger charge is 2.69. The van der Waals surface area contributed by atoms with Crippen LogP contribution in [0.25, 0.3) is 0 Å². The maximum absolute atomic E-state index is 12.8. The lowest BCUT2D eigenvalue weighted by Crippen LogP contribution is -2.51. The van der Waals surface area contributed by atoms with Gasteiger partial charge in [-0.1, -0.05) is 17.6 Å². The van der Waals surface area contributed by atoms with E-state index in [4.69, 9.17) is 0 Å². The van der Waals surface area contributed by atoms with E-state index in [1.807, 2.05) is 3.77 Å². The molecule has 1 amide bonds. The minimum absolute atomic E-state index is 0.0658. The molecule has 2 bridgehead atoms. The molecule has 144 valence electrons. The Balaban J connectivity index is 2.51. The Morgan fingerprint density at radius 1 is 1.32 bits per heavy atom. The molecule has 2 aliphatic rings. The van der Waals surface area contributed by atoms with E-state index in [9.17, 15) is 39.9 Å². The number of hydrogen-bond donors (Lipinski definition) is 1. The van der Waals surface area contributed by atoms with E-state index in [1.165, 1.54) is 0 Å². The van der Waals surface area contributed by atoms with E-state index in [0.717, 1.165) is 0 Å². The minimum atomic E-state index is -6.30. The third-order valence-corrected chi connectivity index (χ3v) is 8.42. The molecule has 0 aromatic rings. The second kappa shape index (κ2) is 5.39. The third-order valence-electron chi connectivity index (χ3n) is 5.39. The van der Waals surface area contributed by atoms with Crippen LogP contribution in [0.1, 0.15) is 33.1 Å². The monoisotopic (exact) mass is 406 g/mol. The van der Waals surface area contributed by atoms with Gasteiger partial charge in [0, 0.05) is 13.5 Å². The van der Waals surface area contributed by atoms with Crippen molar-refractivity contribution < 1.29 is 39.9 Å². The van der Waals surface area contributed by atoms with E-state index in [2.05, 4.69) is 0 Å².